The molecular weight excluding hydrogens is 449 g/mol. The van der Waals surface area contributed by atoms with Gasteiger partial charge in [-0.05, 0) is 30.0 Å². The fourth-order valence-corrected chi connectivity index (χ4v) is 3.83. The number of hydrogen-bond acceptors (Lipinski definition) is 3. The number of guanidine groups is 1. The molecule has 2 aliphatic heterocycles. The van der Waals surface area contributed by atoms with E-state index in [9.17, 15) is 0 Å². The fourth-order valence-electron chi connectivity index (χ4n) is 3.83. The molecule has 27 heavy (non-hydrogen) atoms. The van der Waals surface area contributed by atoms with Crippen molar-refractivity contribution in [2.45, 2.75) is 33.4 Å². The summed E-state index contributed by atoms with van der Waals surface area (Å²) in [5.41, 5.74) is 3.11. The van der Waals surface area contributed by atoms with Crippen molar-refractivity contribution < 1.29 is 0 Å². The van der Waals surface area contributed by atoms with E-state index in [4.69, 9.17) is 0 Å². The zero-order valence-corrected chi connectivity index (χ0v) is 19.7. The molecule has 0 aliphatic carbocycles. The molecule has 2 fully saturated rings. The molecule has 3 rings (SSSR count). The van der Waals surface area contributed by atoms with E-state index in [2.05, 4.69) is 70.2 Å². The second-order valence-electron chi connectivity index (χ2n) is 8.63. The van der Waals surface area contributed by atoms with Crippen LogP contribution in [0.5, 0.6) is 0 Å². The number of aliphatic imine (C=N–C) groups is 1. The second-order valence-corrected chi connectivity index (χ2v) is 8.63. The van der Waals surface area contributed by atoms with Crippen LogP contribution in [-0.4, -0.2) is 74.0 Å². The maximum absolute atomic E-state index is 4.47. The van der Waals surface area contributed by atoms with Gasteiger partial charge in [-0.2, -0.15) is 0 Å². The number of hydrogen-bond donors (Lipinski definition) is 1. The van der Waals surface area contributed by atoms with Gasteiger partial charge in [-0.3, -0.25) is 9.89 Å². The Balaban J connectivity index is 0.00000261. The molecule has 0 atom stereocenters. The molecule has 1 aromatic carbocycles. The maximum Gasteiger partial charge on any atom is 0.193 e. The van der Waals surface area contributed by atoms with Crippen LogP contribution in [0, 0.1) is 5.41 Å². The van der Waals surface area contributed by atoms with E-state index in [0.29, 0.717) is 5.41 Å². The Bertz CT molecular complexity index is 606. The number of likely N-dealkylation sites (tertiary alicyclic amines) is 1. The zero-order chi connectivity index (χ0) is 18.6. The Morgan fingerprint density at radius 1 is 1.04 bits per heavy atom. The molecule has 5 nitrogen and oxygen atoms in total. The largest absolute Gasteiger partial charge is 0.352 e. The van der Waals surface area contributed by atoms with E-state index in [-0.39, 0.29) is 24.0 Å². The summed E-state index contributed by atoms with van der Waals surface area (Å²) >= 11 is 0. The molecule has 152 valence electrons. The first kappa shape index (κ1) is 22.4. The molecule has 6 heteroatoms. The molecule has 1 N–H and O–H groups in total. The molecule has 2 heterocycles. The first-order valence-electron chi connectivity index (χ1n) is 9.89. The summed E-state index contributed by atoms with van der Waals surface area (Å²) in [4.78, 5) is 11.8. The average molecular weight is 485 g/mol. The topological polar surface area (TPSA) is 34.1 Å². The van der Waals surface area contributed by atoms with Crippen molar-refractivity contribution in [1.82, 2.24) is 20.0 Å². The van der Waals surface area contributed by atoms with Gasteiger partial charge in [0.2, 0.25) is 0 Å². The second kappa shape index (κ2) is 10.1. The third-order valence-electron chi connectivity index (χ3n) is 5.66. The molecule has 1 aromatic rings. The minimum Gasteiger partial charge on any atom is -0.352 e. The van der Waals surface area contributed by atoms with E-state index in [0.717, 1.165) is 32.1 Å². The smallest absolute Gasteiger partial charge is 0.193 e. The first-order valence-corrected chi connectivity index (χ1v) is 9.89. The lowest BCUT2D eigenvalue weighted by molar-refractivity contribution is 0.148. The van der Waals surface area contributed by atoms with E-state index >= 15 is 0 Å². The molecule has 2 saturated heterocycles. The van der Waals surface area contributed by atoms with Crippen molar-refractivity contribution in [1.29, 1.82) is 0 Å². The summed E-state index contributed by atoms with van der Waals surface area (Å²) in [5.74, 6) is 1.03. The van der Waals surface area contributed by atoms with Crippen molar-refractivity contribution in [3.8, 4) is 0 Å². The highest BCUT2D eigenvalue weighted by Crippen LogP contribution is 2.28. The molecule has 0 bridgehead atoms. The van der Waals surface area contributed by atoms with E-state index in [1.807, 2.05) is 7.05 Å². The van der Waals surface area contributed by atoms with Gasteiger partial charge >= 0.3 is 0 Å². The summed E-state index contributed by atoms with van der Waals surface area (Å²) < 4.78 is 0. The highest BCUT2D eigenvalue weighted by atomic mass is 127. The Labute approximate surface area is 182 Å². The van der Waals surface area contributed by atoms with Crippen LogP contribution in [0.2, 0.25) is 0 Å². The summed E-state index contributed by atoms with van der Waals surface area (Å²) in [6.07, 6.45) is 1.23. The van der Waals surface area contributed by atoms with Gasteiger partial charge < -0.3 is 15.1 Å². The van der Waals surface area contributed by atoms with Gasteiger partial charge in [0.1, 0.15) is 0 Å². The number of benzene rings is 1. The number of nitrogens with one attached hydrogen (secondary N) is 1. The summed E-state index contributed by atoms with van der Waals surface area (Å²) in [7, 11) is 4.09. The van der Waals surface area contributed by atoms with Gasteiger partial charge in [0.25, 0.3) is 0 Å². The standard InChI is InChI=1S/C21H35N5.HI/c1-21(2)9-10-26(17-21)20(22-3)23-15-18-5-7-19(8-6-18)16-25-13-11-24(4)12-14-25;/h5-8H,9-17H2,1-4H3,(H,22,23);1H. The Morgan fingerprint density at radius 3 is 2.22 bits per heavy atom. The lowest BCUT2D eigenvalue weighted by Crippen LogP contribution is -2.43. The van der Waals surface area contributed by atoms with Crippen molar-refractivity contribution in [2.75, 3.05) is 53.4 Å². The monoisotopic (exact) mass is 485 g/mol. The molecule has 0 amide bonds. The van der Waals surface area contributed by atoms with Gasteiger partial charge in [-0.15, -0.1) is 24.0 Å². The number of piperazine rings is 1. The van der Waals surface area contributed by atoms with Crippen LogP contribution in [0.25, 0.3) is 0 Å². The van der Waals surface area contributed by atoms with Crippen LogP contribution in [0.15, 0.2) is 29.3 Å². The van der Waals surface area contributed by atoms with Crippen LogP contribution in [0.4, 0.5) is 0 Å². The molecule has 0 aromatic heterocycles. The Hall–Kier alpha value is -0.860. The summed E-state index contributed by atoms with van der Waals surface area (Å²) in [6.45, 7) is 13.4. The third kappa shape index (κ3) is 6.61. The third-order valence-corrected chi connectivity index (χ3v) is 5.66. The van der Waals surface area contributed by atoms with Gasteiger partial charge in [-0.1, -0.05) is 38.1 Å². The van der Waals surface area contributed by atoms with Gasteiger partial charge in [0.15, 0.2) is 5.96 Å². The van der Waals surface area contributed by atoms with Crippen molar-refractivity contribution >= 4 is 29.9 Å². The molecule has 0 radical (unpaired) electrons. The zero-order valence-electron chi connectivity index (χ0n) is 17.4. The fraction of sp³-hybridized carbons (Fsp3) is 0.667. The average Bonchev–Trinajstić information content (AvgIpc) is 2.99. The van der Waals surface area contributed by atoms with Gasteiger partial charge in [0, 0.05) is 59.4 Å². The lowest BCUT2D eigenvalue weighted by Gasteiger charge is -2.32. The maximum atomic E-state index is 4.47. The number of halogens is 1. The summed E-state index contributed by atoms with van der Waals surface area (Å²) in [6, 6.07) is 9.05. The molecule has 2 aliphatic rings. The van der Waals surface area contributed by atoms with Crippen LogP contribution in [0.1, 0.15) is 31.4 Å². The molecule has 0 unspecified atom stereocenters. The predicted octanol–water partition coefficient (Wildman–Crippen LogP) is 2.86. The van der Waals surface area contributed by atoms with Crippen molar-refractivity contribution in [3.63, 3.8) is 0 Å². The van der Waals surface area contributed by atoms with Crippen molar-refractivity contribution in [3.05, 3.63) is 35.4 Å². The Morgan fingerprint density at radius 2 is 1.67 bits per heavy atom. The lowest BCUT2D eigenvalue weighted by atomic mass is 9.93. The minimum atomic E-state index is 0. The molecular formula is C21H36IN5. The minimum absolute atomic E-state index is 0. The Kier molecular flexibility index (Phi) is 8.37. The SMILES string of the molecule is CN=C(NCc1ccc(CN2CCN(C)CC2)cc1)N1CCC(C)(C)C1.I. The predicted molar refractivity (Wildman–Crippen MR) is 125 cm³/mol. The van der Waals surface area contributed by atoms with Crippen LogP contribution < -0.4 is 5.32 Å². The quantitative estimate of drug-likeness (QED) is 0.404. The first-order chi connectivity index (χ1) is 12.4. The van der Waals surface area contributed by atoms with Crippen LogP contribution >= 0.6 is 24.0 Å². The normalized spacial score (nSPS) is 21.2. The van der Waals surface area contributed by atoms with E-state index in [1.54, 1.807) is 0 Å². The van der Waals surface area contributed by atoms with Gasteiger partial charge in [-0.25, -0.2) is 0 Å². The van der Waals surface area contributed by atoms with Crippen LogP contribution in [-0.2, 0) is 13.1 Å². The molecule has 0 saturated carbocycles. The highest BCUT2D eigenvalue weighted by Gasteiger charge is 2.30. The molecule has 0 spiro atoms. The van der Waals surface area contributed by atoms with E-state index in [1.165, 1.54) is 43.7 Å². The van der Waals surface area contributed by atoms with Crippen LogP contribution in [0.3, 0.4) is 0 Å². The van der Waals surface area contributed by atoms with Crippen molar-refractivity contribution in [2.24, 2.45) is 10.4 Å². The number of rotatable bonds is 4. The number of nitrogens with zero attached hydrogens (tertiary/aromatic N) is 4. The summed E-state index contributed by atoms with van der Waals surface area (Å²) in [5, 5.41) is 3.53. The van der Waals surface area contributed by atoms with Gasteiger partial charge in [0.05, 0.1) is 0 Å². The number of likely N-dealkylation sites (N-methyl/N-ethyl adjacent to an activating group) is 1. The highest BCUT2D eigenvalue weighted by molar-refractivity contribution is 14.0. The van der Waals surface area contributed by atoms with E-state index < -0.39 is 0 Å².